The summed E-state index contributed by atoms with van der Waals surface area (Å²) in [6.45, 7) is 1.66. The lowest BCUT2D eigenvalue weighted by atomic mass is 9.52. The van der Waals surface area contributed by atoms with Gasteiger partial charge in [-0.3, -0.25) is 19.2 Å². The topological polar surface area (TPSA) is 138 Å². The summed E-state index contributed by atoms with van der Waals surface area (Å²) in [5.74, 6) is -8.93. The van der Waals surface area contributed by atoms with E-state index >= 15 is 0 Å². The van der Waals surface area contributed by atoms with E-state index in [9.17, 15) is 33.8 Å². The molecule has 0 aromatic heterocycles. The van der Waals surface area contributed by atoms with Crippen LogP contribution in [0.2, 0.25) is 0 Å². The fourth-order valence-corrected chi connectivity index (χ4v) is 5.61. The molecule has 1 amide bonds. The molecule has 0 saturated heterocycles. The molecular weight excluding hydrogens is 407 g/mol. The summed E-state index contributed by atoms with van der Waals surface area (Å²) >= 11 is 0. The van der Waals surface area contributed by atoms with Crippen LogP contribution >= 0.6 is 0 Å². The summed E-state index contributed by atoms with van der Waals surface area (Å²) < 4.78 is 14.6. The number of ketones is 3. The number of Topliss-reactive ketones (excluding diaryl/α,β-unsaturated/α-hetero) is 3. The normalized spacial score (nSPS) is 34.7. The molecule has 164 valence electrons. The minimum atomic E-state index is -2.62. The quantitative estimate of drug-likeness (QED) is 0.453. The number of nitrogens with two attached hydrogens (primary N) is 1. The van der Waals surface area contributed by atoms with Crippen molar-refractivity contribution in [3.05, 3.63) is 40.7 Å². The van der Waals surface area contributed by atoms with Gasteiger partial charge in [0, 0.05) is 17.5 Å². The highest BCUT2D eigenvalue weighted by atomic mass is 19.1. The van der Waals surface area contributed by atoms with Gasteiger partial charge >= 0.3 is 0 Å². The van der Waals surface area contributed by atoms with E-state index in [1.807, 2.05) is 0 Å². The molecule has 4 rings (SSSR count). The monoisotopic (exact) mass is 430 g/mol. The number of likely N-dealkylation sites (N-methyl/N-ethyl adjacent to an activating group) is 1. The van der Waals surface area contributed by atoms with Gasteiger partial charge in [-0.25, -0.2) is 4.39 Å². The summed E-state index contributed by atoms with van der Waals surface area (Å²) in [4.78, 5) is 53.4. The zero-order chi connectivity index (χ0) is 23.0. The number of phenols is 1. The van der Waals surface area contributed by atoms with Crippen LogP contribution in [0.15, 0.2) is 23.8 Å². The lowest BCUT2D eigenvalue weighted by Crippen LogP contribution is -2.68. The van der Waals surface area contributed by atoms with Crippen LogP contribution < -0.4 is 5.73 Å². The molecular formula is C22H23FN2O6. The van der Waals surface area contributed by atoms with Crippen LogP contribution in [-0.2, 0) is 14.4 Å². The SMILES string of the molecule is C[C@H]1c2c(F)ccc(O)c2C(=O)C2C(=O)[C@]3(O)C(=O)C(C(N)=O)=C[C@@H](N(C)C)[C@@H]3C[C@@H]21. The number of carbonyl (C=O) groups excluding carboxylic acids is 4. The van der Waals surface area contributed by atoms with Gasteiger partial charge in [0.1, 0.15) is 11.6 Å². The van der Waals surface area contributed by atoms with Crippen molar-refractivity contribution in [2.45, 2.75) is 30.9 Å². The summed E-state index contributed by atoms with van der Waals surface area (Å²) in [5, 5.41) is 21.6. The van der Waals surface area contributed by atoms with E-state index in [2.05, 4.69) is 0 Å². The van der Waals surface area contributed by atoms with Gasteiger partial charge in [0.15, 0.2) is 17.2 Å². The van der Waals surface area contributed by atoms with Crippen molar-refractivity contribution < 1.29 is 33.8 Å². The lowest BCUT2D eigenvalue weighted by molar-refractivity contribution is -0.168. The Morgan fingerprint density at radius 3 is 2.48 bits per heavy atom. The van der Waals surface area contributed by atoms with Gasteiger partial charge in [0.25, 0.3) is 5.91 Å². The number of rotatable bonds is 2. The fraction of sp³-hybridized carbons (Fsp3) is 0.455. The first-order chi connectivity index (χ1) is 14.4. The van der Waals surface area contributed by atoms with Gasteiger partial charge in [-0.1, -0.05) is 13.0 Å². The van der Waals surface area contributed by atoms with E-state index in [0.29, 0.717) is 0 Å². The maximum absolute atomic E-state index is 14.6. The maximum Gasteiger partial charge on any atom is 0.252 e. The van der Waals surface area contributed by atoms with Crippen LogP contribution in [0, 0.1) is 23.6 Å². The van der Waals surface area contributed by atoms with Crippen LogP contribution in [0.4, 0.5) is 4.39 Å². The second-order valence-electron chi connectivity index (χ2n) is 8.85. The number of halogens is 1. The van der Waals surface area contributed by atoms with Crippen LogP contribution in [0.3, 0.4) is 0 Å². The van der Waals surface area contributed by atoms with Gasteiger partial charge in [0.2, 0.25) is 5.78 Å². The Balaban J connectivity index is 1.92. The van der Waals surface area contributed by atoms with E-state index in [1.54, 1.807) is 25.9 Å². The largest absolute Gasteiger partial charge is 0.507 e. The summed E-state index contributed by atoms with van der Waals surface area (Å²) in [6.07, 6.45) is 1.40. The molecule has 3 aliphatic rings. The number of phenolic OH excluding ortho intramolecular Hbond substituents is 1. The van der Waals surface area contributed by atoms with Gasteiger partial charge in [-0.05, 0) is 44.5 Å². The molecule has 1 aromatic rings. The predicted molar refractivity (Wildman–Crippen MR) is 106 cm³/mol. The van der Waals surface area contributed by atoms with Crippen LogP contribution in [-0.4, -0.2) is 64.1 Å². The molecule has 0 radical (unpaired) electrons. The number of carbonyl (C=O) groups is 4. The second-order valence-corrected chi connectivity index (χ2v) is 8.85. The zero-order valence-corrected chi connectivity index (χ0v) is 17.3. The Morgan fingerprint density at radius 1 is 1.26 bits per heavy atom. The van der Waals surface area contributed by atoms with E-state index in [1.165, 1.54) is 6.08 Å². The average Bonchev–Trinajstić information content (AvgIpc) is 2.69. The van der Waals surface area contributed by atoms with Gasteiger partial charge in [0.05, 0.1) is 17.1 Å². The maximum atomic E-state index is 14.6. The van der Waals surface area contributed by atoms with Crippen molar-refractivity contribution in [2.75, 3.05) is 14.1 Å². The molecule has 1 unspecified atom stereocenters. The first-order valence-corrected chi connectivity index (χ1v) is 9.98. The zero-order valence-electron chi connectivity index (χ0n) is 17.3. The molecule has 4 N–H and O–H groups in total. The highest BCUT2D eigenvalue weighted by molar-refractivity contribution is 6.32. The molecule has 1 aromatic carbocycles. The number of aromatic hydroxyl groups is 1. The van der Waals surface area contributed by atoms with E-state index in [-0.39, 0.29) is 17.5 Å². The Morgan fingerprint density at radius 2 is 1.90 bits per heavy atom. The fourth-order valence-electron chi connectivity index (χ4n) is 5.61. The highest BCUT2D eigenvalue weighted by Gasteiger charge is 2.66. The Kier molecular flexibility index (Phi) is 4.68. The summed E-state index contributed by atoms with van der Waals surface area (Å²) in [6, 6.07) is 1.41. The van der Waals surface area contributed by atoms with E-state index in [4.69, 9.17) is 5.73 Å². The summed E-state index contributed by atoms with van der Waals surface area (Å²) in [7, 11) is 3.32. The number of hydrogen-bond acceptors (Lipinski definition) is 7. The van der Waals surface area contributed by atoms with Gasteiger partial charge in [-0.2, -0.15) is 0 Å². The molecule has 9 heteroatoms. The molecule has 1 fully saturated rings. The van der Waals surface area contributed by atoms with Crippen molar-refractivity contribution in [1.29, 1.82) is 0 Å². The van der Waals surface area contributed by atoms with Gasteiger partial charge < -0.3 is 20.8 Å². The number of fused-ring (bicyclic) bond motifs is 3. The van der Waals surface area contributed by atoms with Crippen LogP contribution in [0.5, 0.6) is 5.75 Å². The molecule has 8 nitrogen and oxygen atoms in total. The van der Waals surface area contributed by atoms with Crippen LogP contribution in [0.25, 0.3) is 0 Å². The number of benzene rings is 1. The van der Waals surface area contributed by atoms with Crippen LogP contribution in [0.1, 0.15) is 35.2 Å². The molecule has 0 heterocycles. The van der Waals surface area contributed by atoms with Crippen molar-refractivity contribution in [1.82, 2.24) is 4.90 Å². The van der Waals surface area contributed by atoms with E-state index in [0.717, 1.165) is 12.1 Å². The standard InChI is InChI=1S/C22H23FN2O6/c1-8-9-6-11-13(25(2)3)7-10(21(24)30)19(28)22(11,31)20(29)16(9)18(27)17-14(26)5-4-12(23)15(8)17/h4-5,7-9,11,13,16,26,31H,6H2,1-3H3,(H2,24,30)/t8-,9-,11+,13-,16?,22-/m1/s1. The Bertz CT molecular complexity index is 1080. The minimum Gasteiger partial charge on any atom is -0.507 e. The molecule has 0 aliphatic heterocycles. The smallest absolute Gasteiger partial charge is 0.252 e. The molecule has 3 aliphatic carbocycles. The predicted octanol–water partition coefficient (Wildman–Crippen LogP) is 0.308. The lowest BCUT2D eigenvalue weighted by Gasteiger charge is -2.52. The number of primary amides is 1. The van der Waals surface area contributed by atoms with Crippen molar-refractivity contribution in [3.8, 4) is 5.75 Å². The third kappa shape index (κ3) is 2.66. The number of amides is 1. The highest BCUT2D eigenvalue weighted by Crippen LogP contribution is 2.54. The Labute approximate surface area is 177 Å². The first-order valence-electron chi connectivity index (χ1n) is 9.98. The number of nitrogens with zero attached hydrogens (tertiary/aromatic N) is 1. The van der Waals surface area contributed by atoms with Crippen molar-refractivity contribution in [2.24, 2.45) is 23.5 Å². The van der Waals surface area contributed by atoms with Crippen molar-refractivity contribution >= 4 is 23.3 Å². The third-order valence-electron chi connectivity index (χ3n) is 7.15. The molecule has 1 saturated carbocycles. The summed E-state index contributed by atoms with van der Waals surface area (Å²) in [5.41, 5.74) is 1.93. The number of aliphatic hydroxyl groups is 1. The first kappa shape index (κ1) is 21.3. The molecule has 6 atom stereocenters. The molecule has 31 heavy (non-hydrogen) atoms. The van der Waals surface area contributed by atoms with Crippen molar-refractivity contribution in [3.63, 3.8) is 0 Å². The second kappa shape index (κ2) is 6.80. The molecule has 0 spiro atoms. The minimum absolute atomic E-state index is 0.0291. The average molecular weight is 430 g/mol. The third-order valence-corrected chi connectivity index (χ3v) is 7.15. The van der Waals surface area contributed by atoms with Gasteiger partial charge in [-0.15, -0.1) is 0 Å². The Hall–Kier alpha value is -2.91. The van der Waals surface area contributed by atoms with E-state index < -0.39 is 75.7 Å². The molecule has 0 bridgehead atoms. The number of hydrogen-bond donors (Lipinski definition) is 3.